The molecule has 6 heteroatoms. The number of rotatable bonds is 7. The Hall–Kier alpha value is -3.02. The van der Waals surface area contributed by atoms with E-state index in [-0.39, 0.29) is 18.2 Å². The Bertz CT molecular complexity index is 729. The van der Waals surface area contributed by atoms with Crippen molar-refractivity contribution in [3.8, 4) is 11.5 Å². The molecule has 2 aromatic carbocycles. The molecule has 0 atom stereocenters. The van der Waals surface area contributed by atoms with Gasteiger partial charge in [-0.1, -0.05) is 12.1 Å². The molecule has 0 saturated heterocycles. The van der Waals surface area contributed by atoms with Crippen molar-refractivity contribution in [2.24, 2.45) is 5.10 Å². The Morgan fingerprint density at radius 2 is 2.12 bits per heavy atom. The van der Waals surface area contributed by atoms with Gasteiger partial charge in [-0.25, -0.2) is 5.43 Å². The Balaban J connectivity index is 1.83. The van der Waals surface area contributed by atoms with Crippen LogP contribution in [-0.4, -0.2) is 30.4 Å². The Morgan fingerprint density at radius 3 is 2.83 bits per heavy atom. The van der Waals surface area contributed by atoms with Crippen molar-refractivity contribution < 1.29 is 14.6 Å². The van der Waals surface area contributed by atoms with Crippen LogP contribution < -0.4 is 15.5 Å². The Kier molecular flexibility index (Phi) is 6.19. The van der Waals surface area contributed by atoms with Gasteiger partial charge in [-0.05, 0) is 43.7 Å². The number of aryl methyl sites for hydroxylation is 1. The number of nitrogens with one attached hydrogen (secondary N) is 2. The highest BCUT2D eigenvalue weighted by Crippen LogP contribution is 2.22. The van der Waals surface area contributed by atoms with E-state index in [1.165, 1.54) is 12.3 Å². The lowest BCUT2D eigenvalue weighted by atomic mass is 10.2. The molecule has 3 N–H and O–H groups in total. The van der Waals surface area contributed by atoms with Crippen LogP contribution in [0.3, 0.4) is 0 Å². The molecule has 126 valence electrons. The summed E-state index contributed by atoms with van der Waals surface area (Å²) >= 11 is 0. The molecule has 0 heterocycles. The first-order valence-corrected chi connectivity index (χ1v) is 7.66. The molecule has 0 fully saturated rings. The van der Waals surface area contributed by atoms with Gasteiger partial charge in [0.15, 0.2) is 0 Å². The topological polar surface area (TPSA) is 83.0 Å². The van der Waals surface area contributed by atoms with Crippen molar-refractivity contribution in [1.29, 1.82) is 0 Å². The third-order valence-electron chi connectivity index (χ3n) is 3.18. The largest absolute Gasteiger partial charge is 0.507 e. The maximum absolute atomic E-state index is 11.7. The van der Waals surface area contributed by atoms with Crippen LogP contribution in [0.4, 0.5) is 5.69 Å². The maximum atomic E-state index is 11.7. The summed E-state index contributed by atoms with van der Waals surface area (Å²) in [5.74, 6) is 0.341. The van der Waals surface area contributed by atoms with Crippen LogP contribution >= 0.6 is 0 Å². The summed E-state index contributed by atoms with van der Waals surface area (Å²) in [6, 6.07) is 12.6. The number of ether oxygens (including phenoxy) is 1. The van der Waals surface area contributed by atoms with Gasteiger partial charge in [-0.3, -0.25) is 4.79 Å². The van der Waals surface area contributed by atoms with E-state index in [4.69, 9.17) is 4.74 Å². The van der Waals surface area contributed by atoms with Gasteiger partial charge in [-0.15, -0.1) is 0 Å². The number of hydrazone groups is 1. The fourth-order valence-corrected chi connectivity index (χ4v) is 2.04. The molecule has 0 aliphatic rings. The Labute approximate surface area is 141 Å². The lowest BCUT2D eigenvalue weighted by Crippen LogP contribution is -2.25. The van der Waals surface area contributed by atoms with Gasteiger partial charge in [0.25, 0.3) is 5.91 Å². The quantitative estimate of drug-likeness (QED) is 0.539. The van der Waals surface area contributed by atoms with Crippen LogP contribution in [0.1, 0.15) is 18.1 Å². The molecule has 0 bridgehead atoms. The highest BCUT2D eigenvalue weighted by Gasteiger charge is 2.02. The van der Waals surface area contributed by atoms with Crippen molar-refractivity contribution >= 4 is 17.8 Å². The number of amides is 1. The fourth-order valence-electron chi connectivity index (χ4n) is 2.04. The van der Waals surface area contributed by atoms with E-state index < -0.39 is 0 Å². The minimum atomic E-state index is -0.279. The molecule has 1 amide bonds. The van der Waals surface area contributed by atoms with Gasteiger partial charge in [-0.2, -0.15) is 5.10 Å². The van der Waals surface area contributed by atoms with E-state index in [0.717, 1.165) is 11.3 Å². The van der Waals surface area contributed by atoms with Crippen LogP contribution in [-0.2, 0) is 4.79 Å². The zero-order valence-corrected chi connectivity index (χ0v) is 13.7. The van der Waals surface area contributed by atoms with Crippen molar-refractivity contribution in [3.05, 3.63) is 53.6 Å². The number of anilines is 1. The summed E-state index contributed by atoms with van der Waals surface area (Å²) < 4.78 is 5.28. The molecular formula is C18H21N3O3. The molecule has 2 aromatic rings. The van der Waals surface area contributed by atoms with Crippen LogP contribution in [0, 0.1) is 6.92 Å². The molecular weight excluding hydrogens is 306 g/mol. The van der Waals surface area contributed by atoms with Gasteiger partial charge in [0.1, 0.15) is 11.5 Å². The van der Waals surface area contributed by atoms with E-state index in [0.29, 0.717) is 17.9 Å². The second kappa shape index (κ2) is 8.57. The lowest BCUT2D eigenvalue weighted by Gasteiger charge is -2.06. The minimum absolute atomic E-state index is 0.0387. The highest BCUT2D eigenvalue weighted by molar-refractivity contribution is 5.86. The Morgan fingerprint density at radius 1 is 1.29 bits per heavy atom. The molecule has 0 saturated carbocycles. The molecule has 0 aromatic heterocycles. The molecule has 6 nitrogen and oxygen atoms in total. The summed E-state index contributed by atoms with van der Waals surface area (Å²) in [5.41, 5.74) is 4.89. The fraction of sp³-hybridized carbons (Fsp3) is 0.222. The first-order chi connectivity index (χ1) is 11.6. The van der Waals surface area contributed by atoms with Gasteiger partial charge >= 0.3 is 0 Å². The molecule has 0 aliphatic heterocycles. The average Bonchev–Trinajstić information content (AvgIpc) is 2.55. The second-order valence-corrected chi connectivity index (χ2v) is 5.17. The minimum Gasteiger partial charge on any atom is -0.507 e. The van der Waals surface area contributed by atoms with Crippen LogP contribution in [0.5, 0.6) is 11.5 Å². The van der Waals surface area contributed by atoms with Crippen molar-refractivity contribution in [3.63, 3.8) is 0 Å². The van der Waals surface area contributed by atoms with Gasteiger partial charge in [0, 0.05) is 17.3 Å². The van der Waals surface area contributed by atoms with Crippen LogP contribution in [0.2, 0.25) is 0 Å². The third kappa shape index (κ3) is 5.31. The molecule has 2 rings (SSSR count). The molecule has 0 unspecified atom stereocenters. The van der Waals surface area contributed by atoms with E-state index in [2.05, 4.69) is 15.8 Å². The number of phenols is 1. The normalized spacial score (nSPS) is 10.6. The summed E-state index contributed by atoms with van der Waals surface area (Å²) in [6.45, 7) is 4.48. The first kappa shape index (κ1) is 17.3. The summed E-state index contributed by atoms with van der Waals surface area (Å²) in [7, 11) is 0. The lowest BCUT2D eigenvalue weighted by molar-refractivity contribution is -0.119. The monoisotopic (exact) mass is 327 g/mol. The van der Waals surface area contributed by atoms with E-state index >= 15 is 0 Å². The molecule has 24 heavy (non-hydrogen) atoms. The van der Waals surface area contributed by atoms with E-state index in [1.54, 1.807) is 12.1 Å². The number of nitrogens with zero attached hydrogens (tertiary/aromatic N) is 1. The second-order valence-electron chi connectivity index (χ2n) is 5.17. The smallest absolute Gasteiger partial charge is 0.259 e. The van der Waals surface area contributed by atoms with Gasteiger partial charge < -0.3 is 15.2 Å². The summed E-state index contributed by atoms with van der Waals surface area (Å²) in [4.78, 5) is 11.7. The van der Waals surface area contributed by atoms with Crippen LogP contribution in [0.25, 0.3) is 0 Å². The van der Waals surface area contributed by atoms with Gasteiger partial charge in [0.2, 0.25) is 0 Å². The highest BCUT2D eigenvalue weighted by atomic mass is 16.5. The van der Waals surface area contributed by atoms with E-state index in [1.807, 2.05) is 38.1 Å². The van der Waals surface area contributed by atoms with Crippen molar-refractivity contribution in [2.75, 3.05) is 18.5 Å². The van der Waals surface area contributed by atoms with Crippen LogP contribution in [0.15, 0.2) is 47.6 Å². The first-order valence-electron chi connectivity index (χ1n) is 7.66. The maximum Gasteiger partial charge on any atom is 0.259 e. The van der Waals surface area contributed by atoms with Crippen molar-refractivity contribution in [2.45, 2.75) is 13.8 Å². The number of carbonyl (C=O) groups excluding carboxylic acids is 1. The zero-order chi connectivity index (χ0) is 17.4. The standard InChI is InChI=1S/C18H21N3O3/c1-3-24-16-8-7-14(17(22)10-16)11-20-21-18(23)12-19-15-6-4-5-13(2)9-15/h4-11,19,22H,3,12H2,1-2H3,(H,21,23)/b20-11+. The number of benzene rings is 2. The summed E-state index contributed by atoms with van der Waals surface area (Å²) in [6.07, 6.45) is 1.38. The van der Waals surface area contributed by atoms with E-state index in [9.17, 15) is 9.90 Å². The molecule has 0 aliphatic carbocycles. The predicted molar refractivity (Wildman–Crippen MR) is 94.7 cm³/mol. The third-order valence-corrected chi connectivity index (χ3v) is 3.18. The average molecular weight is 327 g/mol. The van der Waals surface area contributed by atoms with Crippen molar-refractivity contribution in [1.82, 2.24) is 5.43 Å². The zero-order valence-electron chi connectivity index (χ0n) is 13.7. The number of carbonyl (C=O) groups is 1. The number of hydrogen-bond donors (Lipinski definition) is 3. The number of aromatic hydroxyl groups is 1. The summed E-state index contributed by atoms with van der Waals surface area (Å²) in [5, 5.41) is 16.7. The number of phenolic OH excluding ortho intramolecular Hbond substituents is 1. The van der Waals surface area contributed by atoms with Gasteiger partial charge in [0.05, 0.1) is 19.4 Å². The SMILES string of the molecule is CCOc1ccc(/C=N/NC(=O)CNc2cccc(C)c2)c(O)c1. The molecule has 0 radical (unpaired) electrons. The molecule has 0 spiro atoms. The predicted octanol–water partition coefficient (Wildman–Crippen LogP) is 2.66. The number of hydrogen-bond acceptors (Lipinski definition) is 5.